The summed E-state index contributed by atoms with van der Waals surface area (Å²) in [6.45, 7) is 2.04. The first-order valence-electron chi connectivity index (χ1n) is 3.29. The maximum Gasteiger partial charge on any atom is 0.169 e. The van der Waals surface area contributed by atoms with Crippen LogP contribution in [0.1, 0.15) is 17.4 Å². The van der Waals surface area contributed by atoms with Crippen molar-refractivity contribution in [3.63, 3.8) is 0 Å². The number of hydrogen-bond donors (Lipinski definition) is 2. The summed E-state index contributed by atoms with van der Waals surface area (Å²) in [6, 6.07) is 1.80. The van der Waals surface area contributed by atoms with Crippen LogP contribution >= 0.6 is 15.9 Å². The summed E-state index contributed by atoms with van der Waals surface area (Å²) in [5.74, 6) is 0.541. The molecule has 0 saturated carbocycles. The Morgan fingerprint density at radius 1 is 1.82 bits per heavy atom. The van der Waals surface area contributed by atoms with E-state index in [2.05, 4.69) is 15.9 Å². The fourth-order valence-corrected chi connectivity index (χ4v) is 1.41. The van der Waals surface area contributed by atoms with Gasteiger partial charge in [-0.2, -0.15) is 0 Å². The highest BCUT2D eigenvalue weighted by Crippen LogP contribution is 2.24. The van der Waals surface area contributed by atoms with Crippen LogP contribution in [0.5, 0.6) is 0 Å². The lowest BCUT2D eigenvalue weighted by atomic mass is 10.2. The van der Waals surface area contributed by atoms with Crippen molar-refractivity contribution in [1.29, 1.82) is 0 Å². The minimum atomic E-state index is -0.693. The zero-order valence-corrected chi connectivity index (χ0v) is 7.76. The highest BCUT2D eigenvalue weighted by molar-refractivity contribution is 9.10. The molecule has 0 aliphatic heterocycles. The summed E-state index contributed by atoms with van der Waals surface area (Å²) in [4.78, 5) is 0. The Hall–Kier alpha value is -0.320. The van der Waals surface area contributed by atoms with Crippen LogP contribution in [0.2, 0.25) is 0 Å². The molecule has 1 rings (SSSR count). The standard InChI is InChI=1S/C7H10BrNO2/c1-4-2-6(8)11-7(4)5(10)3-9/h2,5,10H,3,9H2,1H3. The molecule has 0 bridgehead atoms. The van der Waals surface area contributed by atoms with Gasteiger partial charge in [-0.15, -0.1) is 0 Å². The molecule has 3 N–H and O–H groups in total. The number of halogens is 1. The normalized spacial score (nSPS) is 13.5. The maximum atomic E-state index is 9.28. The maximum absolute atomic E-state index is 9.28. The van der Waals surface area contributed by atoms with Crippen LogP contribution in [0.3, 0.4) is 0 Å². The van der Waals surface area contributed by atoms with E-state index in [0.29, 0.717) is 10.4 Å². The second-order valence-corrected chi connectivity index (χ2v) is 3.13. The van der Waals surface area contributed by atoms with Crippen LogP contribution in [0.25, 0.3) is 0 Å². The van der Waals surface area contributed by atoms with Crippen LogP contribution in [0.4, 0.5) is 0 Å². The van der Waals surface area contributed by atoms with E-state index in [1.54, 1.807) is 6.07 Å². The summed E-state index contributed by atoms with van der Waals surface area (Å²) in [6.07, 6.45) is -0.693. The average Bonchev–Trinajstić information content (AvgIpc) is 2.28. The zero-order valence-electron chi connectivity index (χ0n) is 6.17. The number of furan rings is 1. The van der Waals surface area contributed by atoms with Crippen LogP contribution in [-0.4, -0.2) is 11.7 Å². The quantitative estimate of drug-likeness (QED) is 0.790. The lowest BCUT2D eigenvalue weighted by Gasteiger charge is -2.03. The number of aliphatic hydroxyl groups is 1. The molecule has 0 amide bonds. The predicted molar refractivity (Wildman–Crippen MR) is 45.2 cm³/mol. The molecule has 1 heterocycles. The first-order valence-corrected chi connectivity index (χ1v) is 4.08. The molecule has 1 unspecified atom stereocenters. The van der Waals surface area contributed by atoms with Gasteiger partial charge in [-0.3, -0.25) is 0 Å². The molecule has 0 saturated heterocycles. The number of aryl methyl sites for hydroxylation is 1. The monoisotopic (exact) mass is 219 g/mol. The highest BCUT2D eigenvalue weighted by Gasteiger charge is 2.13. The average molecular weight is 220 g/mol. The summed E-state index contributed by atoms with van der Waals surface area (Å²) >= 11 is 3.16. The smallest absolute Gasteiger partial charge is 0.169 e. The van der Waals surface area contributed by atoms with Crippen molar-refractivity contribution in [2.75, 3.05) is 6.54 Å². The van der Waals surface area contributed by atoms with E-state index >= 15 is 0 Å². The lowest BCUT2D eigenvalue weighted by molar-refractivity contribution is 0.155. The largest absolute Gasteiger partial charge is 0.451 e. The summed E-state index contributed by atoms with van der Waals surface area (Å²) < 4.78 is 5.78. The van der Waals surface area contributed by atoms with Gasteiger partial charge in [0.25, 0.3) is 0 Å². The van der Waals surface area contributed by atoms with Gasteiger partial charge in [-0.05, 0) is 34.5 Å². The van der Waals surface area contributed by atoms with E-state index in [0.717, 1.165) is 5.56 Å². The molecule has 0 fully saturated rings. The van der Waals surface area contributed by atoms with Gasteiger partial charge in [0.05, 0.1) is 0 Å². The van der Waals surface area contributed by atoms with E-state index < -0.39 is 6.10 Å². The molecule has 0 aliphatic rings. The molecular formula is C7H10BrNO2. The van der Waals surface area contributed by atoms with Gasteiger partial charge in [0, 0.05) is 6.54 Å². The van der Waals surface area contributed by atoms with E-state index in [1.807, 2.05) is 6.92 Å². The molecule has 3 nitrogen and oxygen atoms in total. The Labute approximate surface area is 73.3 Å². The second kappa shape index (κ2) is 3.38. The lowest BCUT2D eigenvalue weighted by Crippen LogP contribution is -2.11. The van der Waals surface area contributed by atoms with E-state index in [1.165, 1.54) is 0 Å². The van der Waals surface area contributed by atoms with E-state index in [4.69, 9.17) is 10.2 Å². The Morgan fingerprint density at radius 2 is 2.45 bits per heavy atom. The molecular weight excluding hydrogens is 210 g/mol. The van der Waals surface area contributed by atoms with Crippen LogP contribution in [0.15, 0.2) is 15.2 Å². The highest BCUT2D eigenvalue weighted by atomic mass is 79.9. The number of aliphatic hydroxyl groups excluding tert-OH is 1. The fraction of sp³-hybridized carbons (Fsp3) is 0.429. The number of nitrogens with two attached hydrogens (primary N) is 1. The van der Waals surface area contributed by atoms with E-state index in [-0.39, 0.29) is 6.54 Å². The topological polar surface area (TPSA) is 59.4 Å². The minimum Gasteiger partial charge on any atom is -0.451 e. The van der Waals surface area contributed by atoms with Crippen LogP contribution < -0.4 is 5.73 Å². The Kier molecular flexibility index (Phi) is 2.70. The van der Waals surface area contributed by atoms with Crippen LogP contribution in [0, 0.1) is 6.92 Å². The van der Waals surface area contributed by atoms with E-state index in [9.17, 15) is 5.11 Å². The van der Waals surface area contributed by atoms with Crippen molar-refractivity contribution in [1.82, 2.24) is 0 Å². The van der Waals surface area contributed by atoms with Crippen molar-refractivity contribution in [3.8, 4) is 0 Å². The second-order valence-electron chi connectivity index (χ2n) is 2.35. The van der Waals surface area contributed by atoms with Gasteiger partial charge in [0.15, 0.2) is 4.67 Å². The SMILES string of the molecule is Cc1cc(Br)oc1C(O)CN. The van der Waals surface area contributed by atoms with Gasteiger partial charge in [0.1, 0.15) is 11.9 Å². The molecule has 1 aromatic heterocycles. The van der Waals surface area contributed by atoms with Gasteiger partial charge in [-0.25, -0.2) is 0 Å². The molecule has 62 valence electrons. The first kappa shape index (κ1) is 8.77. The van der Waals surface area contributed by atoms with Crippen molar-refractivity contribution < 1.29 is 9.52 Å². The van der Waals surface area contributed by atoms with Crippen molar-refractivity contribution >= 4 is 15.9 Å². The third kappa shape index (κ3) is 1.83. The fourth-order valence-electron chi connectivity index (χ4n) is 0.894. The molecule has 0 aliphatic carbocycles. The molecule has 4 heteroatoms. The summed E-state index contributed by atoms with van der Waals surface area (Å²) in [7, 11) is 0. The van der Waals surface area contributed by atoms with Gasteiger partial charge >= 0.3 is 0 Å². The predicted octanol–water partition coefficient (Wildman–Crippen LogP) is 1.34. The third-order valence-corrected chi connectivity index (χ3v) is 1.84. The first-order chi connectivity index (χ1) is 5.15. The molecule has 1 aromatic rings. The number of rotatable bonds is 2. The van der Waals surface area contributed by atoms with Crippen molar-refractivity contribution in [2.24, 2.45) is 5.73 Å². The Morgan fingerprint density at radius 3 is 2.82 bits per heavy atom. The third-order valence-electron chi connectivity index (χ3n) is 1.45. The number of hydrogen-bond acceptors (Lipinski definition) is 3. The zero-order chi connectivity index (χ0) is 8.43. The van der Waals surface area contributed by atoms with Crippen LogP contribution in [-0.2, 0) is 0 Å². The minimum absolute atomic E-state index is 0.181. The Balaban J connectivity index is 2.93. The molecule has 0 radical (unpaired) electrons. The molecule has 0 spiro atoms. The van der Waals surface area contributed by atoms with Gasteiger partial charge < -0.3 is 15.3 Å². The van der Waals surface area contributed by atoms with Crippen molar-refractivity contribution in [3.05, 3.63) is 22.1 Å². The van der Waals surface area contributed by atoms with Gasteiger partial charge in [0.2, 0.25) is 0 Å². The molecule has 1 atom stereocenters. The summed E-state index contributed by atoms with van der Waals surface area (Å²) in [5.41, 5.74) is 6.17. The van der Waals surface area contributed by atoms with Gasteiger partial charge in [-0.1, -0.05) is 0 Å². The van der Waals surface area contributed by atoms with Crippen molar-refractivity contribution in [2.45, 2.75) is 13.0 Å². The Bertz CT molecular complexity index is 247. The molecule has 11 heavy (non-hydrogen) atoms. The summed E-state index contributed by atoms with van der Waals surface area (Å²) in [5, 5.41) is 9.28. The molecule has 0 aromatic carbocycles.